The number of hydrogen-bond donors (Lipinski definition) is 3. The fourth-order valence-electron chi connectivity index (χ4n) is 4.82. The summed E-state index contributed by atoms with van der Waals surface area (Å²) < 4.78 is 0. The predicted octanol–water partition coefficient (Wildman–Crippen LogP) is 7.81. The fraction of sp³-hybridized carbons (Fsp3) is 0.452. The molecular weight excluding hydrogens is 464 g/mol. The Labute approximate surface area is 221 Å². The number of carbonyl (C=O) groups excluding carboxylic acids is 1. The summed E-state index contributed by atoms with van der Waals surface area (Å²) in [6.07, 6.45) is 9.68. The lowest BCUT2D eigenvalue weighted by molar-refractivity contribution is 0.0990. The van der Waals surface area contributed by atoms with Gasteiger partial charge in [0.25, 0.3) is 5.91 Å². The highest BCUT2D eigenvalue weighted by atomic mass is 16.3. The zero-order chi connectivity index (χ0) is 27.3. The second-order valence-electron chi connectivity index (χ2n) is 11.2. The molecule has 6 nitrogen and oxygen atoms in total. The third-order valence-corrected chi connectivity index (χ3v) is 6.84. The van der Waals surface area contributed by atoms with E-state index in [0.29, 0.717) is 34.6 Å². The van der Waals surface area contributed by atoms with Gasteiger partial charge in [-0.1, -0.05) is 50.1 Å². The molecular formula is C31H42N2O4. The number of amides is 1. The van der Waals surface area contributed by atoms with E-state index in [4.69, 9.17) is 0 Å². The van der Waals surface area contributed by atoms with Crippen LogP contribution < -0.4 is 9.80 Å². The van der Waals surface area contributed by atoms with Crippen LogP contribution in [-0.4, -0.2) is 34.3 Å². The van der Waals surface area contributed by atoms with Crippen molar-refractivity contribution in [3.8, 4) is 17.2 Å². The minimum atomic E-state index is -0.299. The van der Waals surface area contributed by atoms with Gasteiger partial charge in [0.2, 0.25) is 0 Å². The number of anilines is 3. The molecule has 0 unspecified atom stereocenters. The van der Waals surface area contributed by atoms with E-state index in [1.807, 2.05) is 13.0 Å². The lowest BCUT2D eigenvalue weighted by atomic mass is 9.89. The molecule has 0 fully saturated rings. The van der Waals surface area contributed by atoms with E-state index in [2.05, 4.69) is 40.7 Å². The summed E-state index contributed by atoms with van der Waals surface area (Å²) in [6, 6.07) is 7.60. The van der Waals surface area contributed by atoms with E-state index in [0.717, 1.165) is 24.8 Å². The Morgan fingerprint density at radius 1 is 0.919 bits per heavy atom. The summed E-state index contributed by atoms with van der Waals surface area (Å²) in [5, 5.41) is 31.7. The Hall–Kier alpha value is -3.41. The molecule has 0 aliphatic carbocycles. The van der Waals surface area contributed by atoms with Crippen LogP contribution in [0.2, 0.25) is 0 Å². The molecule has 1 aliphatic heterocycles. The van der Waals surface area contributed by atoms with Gasteiger partial charge in [-0.25, -0.2) is 0 Å². The van der Waals surface area contributed by atoms with Crippen LogP contribution in [0.5, 0.6) is 17.2 Å². The van der Waals surface area contributed by atoms with Crippen LogP contribution in [0.25, 0.3) is 0 Å². The Balaban J connectivity index is 1.83. The largest absolute Gasteiger partial charge is 0.508 e. The lowest BCUT2D eigenvalue weighted by Gasteiger charge is -2.27. The van der Waals surface area contributed by atoms with Gasteiger partial charge in [0, 0.05) is 25.2 Å². The van der Waals surface area contributed by atoms with Crippen LogP contribution in [0.4, 0.5) is 17.1 Å². The number of allylic oxidation sites excluding steroid dienone is 3. The smallest absolute Gasteiger partial charge is 0.260 e. The van der Waals surface area contributed by atoms with Crippen molar-refractivity contribution in [2.45, 2.75) is 73.6 Å². The van der Waals surface area contributed by atoms with Crippen molar-refractivity contribution in [1.82, 2.24) is 0 Å². The van der Waals surface area contributed by atoms with E-state index in [-0.39, 0.29) is 29.7 Å². The number of rotatable bonds is 9. The molecule has 0 spiro atoms. The van der Waals surface area contributed by atoms with Gasteiger partial charge in [-0.05, 0) is 70.4 Å². The lowest BCUT2D eigenvalue weighted by Crippen LogP contribution is -2.30. The van der Waals surface area contributed by atoms with Gasteiger partial charge in [-0.15, -0.1) is 0 Å². The number of carbonyl (C=O) groups is 1. The molecule has 0 aromatic heterocycles. The Bertz CT molecular complexity index is 1190. The van der Waals surface area contributed by atoms with Gasteiger partial charge in [0.15, 0.2) is 0 Å². The molecule has 1 amide bonds. The first-order chi connectivity index (χ1) is 17.4. The average molecular weight is 507 g/mol. The number of para-hydroxylation sites is 1. The summed E-state index contributed by atoms with van der Waals surface area (Å²) >= 11 is 0. The first-order valence-corrected chi connectivity index (χ1v) is 13.2. The van der Waals surface area contributed by atoms with Crippen LogP contribution >= 0.6 is 0 Å². The van der Waals surface area contributed by atoms with Crippen molar-refractivity contribution in [2.24, 2.45) is 5.41 Å². The van der Waals surface area contributed by atoms with Crippen LogP contribution in [0.15, 0.2) is 53.6 Å². The Kier molecular flexibility index (Phi) is 8.95. The van der Waals surface area contributed by atoms with E-state index < -0.39 is 0 Å². The number of nitrogens with zero attached hydrogens (tertiary/aromatic N) is 2. The number of hydrogen-bond acceptors (Lipinski definition) is 5. The summed E-state index contributed by atoms with van der Waals surface area (Å²) in [5.41, 5.74) is 4.42. The maximum Gasteiger partial charge on any atom is 0.260 e. The summed E-state index contributed by atoms with van der Waals surface area (Å²) in [6.45, 7) is 13.7. The number of aromatic hydroxyl groups is 3. The van der Waals surface area contributed by atoms with Gasteiger partial charge in [-0.2, -0.15) is 0 Å². The molecule has 0 saturated carbocycles. The number of phenols is 3. The monoisotopic (exact) mass is 506 g/mol. The minimum Gasteiger partial charge on any atom is -0.508 e. The predicted molar refractivity (Wildman–Crippen MR) is 152 cm³/mol. The molecule has 200 valence electrons. The van der Waals surface area contributed by atoms with Crippen molar-refractivity contribution >= 4 is 23.0 Å². The molecule has 3 rings (SSSR count). The van der Waals surface area contributed by atoms with E-state index in [1.54, 1.807) is 21.9 Å². The first-order valence-electron chi connectivity index (χ1n) is 13.2. The van der Waals surface area contributed by atoms with Gasteiger partial charge < -0.3 is 25.1 Å². The maximum atomic E-state index is 13.7. The summed E-state index contributed by atoms with van der Waals surface area (Å²) in [4.78, 5) is 17.0. The van der Waals surface area contributed by atoms with Crippen molar-refractivity contribution in [3.05, 3.63) is 59.2 Å². The molecule has 0 bridgehead atoms. The maximum absolute atomic E-state index is 13.7. The molecule has 0 atom stereocenters. The Morgan fingerprint density at radius 2 is 1.62 bits per heavy atom. The molecule has 37 heavy (non-hydrogen) atoms. The molecule has 2 aromatic rings. The molecule has 0 radical (unpaired) electrons. The van der Waals surface area contributed by atoms with Crippen molar-refractivity contribution in [2.75, 3.05) is 22.9 Å². The number of fused-ring (bicyclic) bond motifs is 2. The molecule has 2 aromatic carbocycles. The molecule has 0 saturated heterocycles. The third kappa shape index (κ3) is 6.88. The topological polar surface area (TPSA) is 84.2 Å². The van der Waals surface area contributed by atoms with E-state index >= 15 is 0 Å². The summed E-state index contributed by atoms with van der Waals surface area (Å²) in [5.74, 6) is -0.623. The normalized spacial score (nSPS) is 14.5. The van der Waals surface area contributed by atoms with Gasteiger partial charge in [-0.3, -0.25) is 4.79 Å². The second-order valence-corrected chi connectivity index (χ2v) is 11.2. The molecule has 6 heteroatoms. The highest BCUT2D eigenvalue weighted by Crippen LogP contribution is 2.49. The summed E-state index contributed by atoms with van der Waals surface area (Å²) in [7, 11) is 0. The van der Waals surface area contributed by atoms with E-state index in [9.17, 15) is 20.1 Å². The number of phenolic OH excluding ortho intramolecular Hbond substituents is 3. The zero-order valence-corrected chi connectivity index (χ0v) is 23.1. The van der Waals surface area contributed by atoms with Crippen LogP contribution in [-0.2, 0) is 0 Å². The average Bonchev–Trinajstić information content (AvgIpc) is 2.90. The van der Waals surface area contributed by atoms with E-state index in [1.165, 1.54) is 36.6 Å². The first kappa shape index (κ1) is 28.2. The second kappa shape index (κ2) is 11.8. The Morgan fingerprint density at radius 3 is 2.30 bits per heavy atom. The fourth-order valence-corrected chi connectivity index (χ4v) is 4.82. The molecule has 1 aliphatic rings. The van der Waals surface area contributed by atoms with Crippen molar-refractivity contribution in [3.63, 3.8) is 0 Å². The SMILES string of the molecule is CCN1c2c(O)cccc2C(=O)N(CC=C(C)CCC=C(C)CCCC(C)(C)C)c2cc(O)cc(O)c21. The minimum absolute atomic E-state index is 0.0376. The van der Waals surface area contributed by atoms with Crippen LogP contribution in [0.3, 0.4) is 0 Å². The van der Waals surface area contributed by atoms with Crippen LogP contribution in [0, 0.1) is 5.41 Å². The van der Waals surface area contributed by atoms with Gasteiger partial charge in [0.1, 0.15) is 22.9 Å². The molecule has 1 heterocycles. The molecule has 3 N–H and O–H groups in total. The quantitative estimate of drug-likeness (QED) is 0.302. The zero-order valence-electron chi connectivity index (χ0n) is 23.1. The third-order valence-electron chi connectivity index (χ3n) is 6.84. The highest BCUT2D eigenvalue weighted by molar-refractivity contribution is 6.15. The van der Waals surface area contributed by atoms with Gasteiger partial charge in [0.05, 0.1) is 16.9 Å². The van der Waals surface area contributed by atoms with Crippen molar-refractivity contribution in [1.29, 1.82) is 0 Å². The number of benzene rings is 2. The standard InChI is InChI=1S/C31H42N2O4/c1-7-32-28-24(14-9-15-26(28)35)30(37)33(25-19-23(34)20-27(36)29(25)32)18-16-22(3)12-8-11-21(2)13-10-17-31(4,5)6/h9,11,14-16,19-20,34-36H,7-8,10,12-13,17-18H2,1-6H3. The van der Waals surface area contributed by atoms with Gasteiger partial charge >= 0.3 is 0 Å². The highest BCUT2D eigenvalue weighted by Gasteiger charge is 2.34. The van der Waals surface area contributed by atoms with Crippen molar-refractivity contribution < 1.29 is 20.1 Å². The van der Waals surface area contributed by atoms with Crippen LogP contribution in [0.1, 0.15) is 84.0 Å².